The number of carboxylic acid groups (broad SMARTS) is 1. The number of carbonyl (C=O) groups is 3. The lowest BCUT2D eigenvalue weighted by molar-refractivity contribution is -0.0515. The highest BCUT2D eigenvalue weighted by Gasteiger charge is 2.27. The van der Waals surface area contributed by atoms with Gasteiger partial charge < -0.3 is 30.0 Å². The maximum Gasteiger partial charge on any atom is 0.408 e. The summed E-state index contributed by atoms with van der Waals surface area (Å²) in [5.74, 6) is -1.44. The molecule has 1 saturated carbocycles. The second kappa shape index (κ2) is 13.3. The molecule has 14 heteroatoms. The number of rotatable bonds is 12. The number of nitrogens with zero attached hydrogens (tertiary/aromatic N) is 2. The van der Waals surface area contributed by atoms with Crippen LogP contribution in [0.2, 0.25) is 0 Å². The fraction of sp³-hybridized carbons (Fsp3) is 0.414. The smallest absolute Gasteiger partial charge is 0.408 e. The summed E-state index contributed by atoms with van der Waals surface area (Å²) in [7, 11) is 0. The second-order valence-electron chi connectivity index (χ2n) is 10.9. The fourth-order valence-electron chi connectivity index (χ4n) is 3.85. The van der Waals surface area contributed by atoms with Crippen LogP contribution in [0.1, 0.15) is 78.1 Å². The number of thiazole rings is 1. The van der Waals surface area contributed by atoms with E-state index in [1.165, 1.54) is 30.3 Å². The van der Waals surface area contributed by atoms with Gasteiger partial charge in [0.15, 0.2) is 11.5 Å². The Bertz CT molecular complexity index is 1490. The standard InChI is InChI=1S/C29H32F2N4O7S/c1-15(33-28(39)42-29(2,3)4)23-22(24(36)32-13-18-6-5-7-19(34-18)26(37)38)35-25(43-23)17-10-11-20(41-27(30)31)21(12-17)40-14-16-8-9-16/h5-7,10-12,15-16,27H,8-9,13-14H2,1-4H3,(H,32,36)(H,33,39)(H,37,38)/t15-/m0/s1. The summed E-state index contributed by atoms with van der Waals surface area (Å²) in [6.45, 7) is 4.06. The first kappa shape index (κ1) is 31.6. The lowest BCUT2D eigenvalue weighted by atomic mass is 10.2. The van der Waals surface area contributed by atoms with Crippen LogP contribution in [0.25, 0.3) is 10.6 Å². The van der Waals surface area contributed by atoms with Crippen molar-refractivity contribution in [2.75, 3.05) is 6.61 Å². The van der Waals surface area contributed by atoms with Gasteiger partial charge in [-0.1, -0.05) is 6.07 Å². The molecule has 1 atom stereocenters. The van der Waals surface area contributed by atoms with Crippen LogP contribution in [0.5, 0.6) is 11.5 Å². The van der Waals surface area contributed by atoms with E-state index < -0.39 is 36.2 Å². The van der Waals surface area contributed by atoms with Crippen molar-refractivity contribution in [3.8, 4) is 22.1 Å². The summed E-state index contributed by atoms with van der Waals surface area (Å²) in [4.78, 5) is 46.1. The molecule has 0 spiro atoms. The predicted octanol–water partition coefficient (Wildman–Crippen LogP) is 5.81. The summed E-state index contributed by atoms with van der Waals surface area (Å²) in [5.41, 5.74) is -0.113. The quantitative estimate of drug-likeness (QED) is 0.229. The molecule has 0 saturated heterocycles. The summed E-state index contributed by atoms with van der Waals surface area (Å²) in [6.07, 6.45) is 1.30. The van der Waals surface area contributed by atoms with Gasteiger partial charge in [-0.3, -0.25) is 4.79 Å². The summed E-state index contributed by atoms with van der Waals surface area (Å²) in [5, 5.41) is 15.0. The maximum atomic E-state index is 13.4. The predicted molar refractivity (Wildman–Crippen MR) is 153 cm³/mol. The molecule has 2 amide bonds. The first-order chi connectivity index (χ1) is 20.3. The van der Waals surface area contributed by atoms with Gasteiger partial charge in [0.1, 0.15) is 22.0 Å². The first-order valence-corrected chi connectivity index (χ1v) is 14.3. The number of benzene rings is 1. The highest BCUT2D eigenvalue weighted by Crippen LogP contribution is 2.39. The highest BCUT2D eigenvalue weighted by molar-refractivity contribution is 7.15. The molecular formula is C29H32F2N4O7S. The summed E-state index contributed by atoms with van der Waals surface area (Å²) >= 11 is 1.12. The molecule has 11 nitrogen and oxygen atoms in total. The topological polar surface area (TPSA) is 149 Å². The Morgan fingerprint density at radius 1 is 1.12 bits per heavy atom. The van der Waals surface area contributed by atoms with Crippen LogP contribution in [-0.2, 0) is 11.3 Å². The maximum absolute atomic E-state index is 13.4. The number of aromatic carboxylic acids is 1. The third-order valence-electron chi connectivity index (χ3n) is 6.03. The molecule has 0 aliphatic heterocycles. The van der Waals surface area contributed by atoms with Crippen LogP contribution in [0.15, 0.2) is 36.4 Å². The zero-order chi connectivity index (χ0) is 31.3. The molecule has 1 aromatic carbocycles. The number of nitrogens with one attached hydrogen (secondary N) is 2. The Labute approximate surface area is 250 Å². The molecule has 0 radical (unpaired) electrons. The van der Waals surface area contributed by atoms with Gasteiger partial charge in [0, 0.05) is 5.56 Å². The van der Waals surface area contributed by atoms with Crippen LogP contribution in [0.4, 0.5) is 13.6 Å². The number of alkyl carbamates (subject to hydrolysis) is 1. The van der Waals surface area contributed by atoms with E-state index in [1.807, 2.05) is 0 Å². The number of alkyl halides is 2. The van der Waals surface area contributed by atoms with Gasteiger partial charge in [-0.05, 0) is 76.8 Å². The number of ether oxygens (including phenoxy) is 3. The van der Waals surface area contributed by atoms with Crippen LogP contribution in [0.3, 0.4) is 0 Å². The number of halogens is 2. The van der Waals surface area contributed by atoms with E-state index in [0.717, 1.165) is 24.2 Å². The molecule has 43 heavy (non-hydrogen) atoms. The fourth-order valence-corrected chi connectivity index (χ4v) is 4.91. The molecule has 0 unspecified atom stereocenters. The number of hydrogen-bond acceptors (Lipinski definition) is 9. The average molecular weight is 619 g/mol. The number of amides is 2. The largest absolute Gasteiger partial charge is 0.489 e. The minimum atomic E-state index is -3.04. The Morgan fingerprint density at radius 2 is 1.86 bits per heavy atom. The third kappa shape index (κ3) is 9.08. The molecule has 2 aromatic heterocycles. The first-order valence-electron chi connectivity index (χ1n) is 13.5. The zero-order valence-electron chi connectivity index (χ0n) is 24.0. The van der Waals surface area contributed by atoms with E-state index in [-0.39, 0.29) is 29.4 Å². The Kier molecular flexibility index (Phi) is 9.79. The van der Waals surface area contributed by atoms with E-state index in [4.69, 9.17) is 9.47 Å². The van der Waals surface area contributed by atoms with E-state index >= 15 is 0 Å². The van der Waals surface area contributed by atoms with Crippen molar-refractivity contribution in [1.82, 2.24) is 20.6 Å². The number of aromatic nitrogens is 2. The molecule has 4 rings (SSSR count). The molecule has 3 aromatic rings. The molecule has 1 aliphatic rings. The van der Waals surface area contributed by atoms with E-state index in [1.54, 1.807) is 33.8 Å². The number of carboxylic acids is 1. The Balaban J connectivity index is 1.64. The number of hydrogen-bond donors (Lipinski definition) is 3. The van der Waals surface area contributed by atoms with Crippen molar-refractivity contribution in [3.05, 3.63) is 58.4 Å². The van der Waals surface area contributed by atoms with Crippen molar-refractivity contribution >= 4 is 29.3 Å². The number of carbonyl (C=O) groups excluding carboxylic acids is 2. The van der Waals surface area contributed by atoms with Crippen molar-refractivity contribution in [1.29, 1.82) is 0 Å². The monoisotopic (exact) mass is 618 g/mol. The molecule has 2 heterocycles. The van der Waals surface area contributed by atoms with Crippen LogP contribution >= 0.6 is 11.3 Å². The summed E-state index contributed by atoms with van der Waals surface area (Å²) < 4.78 is 41.8. The summed E-state index contributed by atoms with van der Waals surface area (Å²) in [6, 6.07) is 8.12. The van der Waals surface area contributed by atoms with Gasteiger partial charge in [0.2, 0.25) is 0 Å². The molecule has 230 valence electrons. The van der Waals surface area contributed by atoms with Gasteiger partial charge in [-0.25, -0.2) is 19.6 Å². The molecular weight excluding hydrogens is 586 g/mol. The van der Waals surface area contributed by atoms with Crippen molar-refractivity contribution in [2.24, 2.45) is 5.92 Å². The van der Waals surface area contributed by atoms with Crippen LogP contribution < -0.4 is 20.1 Å². The van der Waals surface area contributed by atoms with E-state index in [9.17, 15) is 28.3 Å². The minimum Gasteiger partial charge on any atom is -0.489 e. The Hall–Kier alpha value is -4.33. The zero-order valence-corrected chi connectivity index (χ0v) is 24.8. The second-order valence-corrected chi connectivity index (χ2v) is 11.9. The molecule has 0 bridgehead atoms. The normalized spacial score (nSPS) is 13.7. The Morgan fingerprint density at radius 3 is 2.51 bits per heavy atom. The highest BCUT2D eigenvalue weighted by atomic mass is 32.1. The van der Waals surface area contributed by atoms with Crippen molar-refractivity contribution in [3.63, 3.8) is 0 Å². The van der Waals surface area contributed by atoms with Crippen molar-refractivity contribution < 1.29 is 42.5 Å². The van der Waals surface area contributed by atoms with Gasteiger partial charge in [-0.15, -0.1) is 11.3 Å². The molecule has 3 N–H and O–H groups in total. The number of pyridine rings is 1. The minimum absolute atomic E-state index is 0.00584. The van der Waals surface area contributed by atoms with Crippen LogP contribution in [0, 0.1) is 5.92 Å². The average Bonchev–Trinajstić information content (AvgIpc) is 3.65. The van der Waals surface area contributed by atoms with E-state index in [0.29, 0.717) is 33.7 Å². The van der Waals surface area contributed by atoms with E-state index in [2.05, 4.69) is 25.3 Å². The molecule has 1 fully saturated rings. The van der Waals surface area contributed by atoms with Gasteiger partial charge >= 0.3 is 18.7 Å². The third-order valence-corrected chi connectivity index (χ3v) is 7.32. The van der Waals surface area contributed by atoms with Gasteiger partial charge in [-0.2, -0.15) is 8.78 Å². The van der Waals surface area contributed by atoms with Gasteiger partial charge in [0.25, 0.3) is 5.91 Å². The van der Waals surface area contributed by atoms with Gasteiger partial charge in [0.05, 0.1) is 29.8 Å². The SMILES string of the molecule is C[C@H](NC(=O)OC(C)(C)C)c1sc(-c2ccc(OC(F)F)c(OCC3CC3)c2)nc1C(=O)NCc1cccc(C(=O)O)n1. The van der Waals surface area contributed by atoms with Crippen LogP contribution in [-0.4, -0.2) is 51.9 Å². The molecule has 1 aliphatic carbocycles. The lowest BCUT2D eigenvalue weighted by Gasteiger charge is -2.21. The van der Waals surface area contributed by atoms with Crippen molar-refractivity contribution in [2.45, 2.75) is 65.3 Å². The lowest BCUT2D eigenvalue weighted by Crippen LogP contribution is -2.34.